The van der Waals surface area contributed by atoms with Gasteiger partial charge in [-0.15, -0.1) is 0 Å². The quantitative estimate of drug-likeness (QED) is 0.366. The van der Waals surface area contributed by atoms with Gasteiger partial charge in [-0.2, -0.15) is 0 Å². The standard InChI is InChI=1S/C19H9BrO2/c20-10-5-6-11-14(9-10)19(21)13-7-8-16-18(17(11)13)12-3-1-2-4-15(12)22-16/h1-9H. The molecule has 104 valence electrons. The van der Waals surface area contributed by atoms with Crippen molar-refractivity contribution >= 4 is 43.7 Å². The van der Waals surface area contributed by atoms with E-state index in [1.165, 1.54) is 0 Å². The number of furan rings is 1. The van der Waals surface area contributed by atoms with E-state index in [-0.39, 0.29) is 5.78 Å². The summed E-state index contributed by atoms with van der Waals surface area (Å²) in [6.45, 7) is 0. The summed E-state index contributed by atoms with van der Waals surface area (Å²) in [4.78, 5) is 12.7. The molecular weight excluding hydrogens is 340 g/mol. The highest BCUT2D eigenvalue weighted by molar-refractivity contribution is 9.10. The molecule has 0 saturated carbocycles. The van der Waals surface area contributed by atoms with Crippen LogP contribution in [0.1, 0.15) is 15.9 Å². The highest BCUT2D eigenvalue weighted by atomic mass is 79.9. The SMILES string of the molecule is O=C1c2cc(Br)ccc2-c2c1ccc1oc3ccccc3c21. The van der Waals surface area contributed by atoms with Gasteiger partial charge in [0, 0.05) is 31.9 Å². The molecule has 0 aliphatic heterocycles. The van der Waals surface area contributed by atoms with Crippen LogP contribution < -0.4 is 0 Å². The molecule has 0 spiro atoms. The number of carbonyl (C=O) groups is 1. The predicted octanol–water partition coefficient (Wildman–Crippen LogP) is 5.56. The molecule has 4 aromatic rings. The lowest BCUT2D eigenvalue weighted by molar-refractivity contribution is 0.104. The van der Waals surface area contributed by atoms with Crippen LogP contribution in [0.15, 0.2) is 63.5 Å². The van der Waals surface area contributed by atoms with Crippen LogP contribution in [0.4, 0.5) is 0 Å². The number of para-hydroxylation sites is 1. The Balaban J connectivity index is 2.02. The van der Waals surface area contributed by atoms with E-state index >= 15 is 0 Å². The van der Waals surface area contributed by atoms with Gasteiger partial charge in [-0.1, -0.05) is 40.2 Å². The zero-order valence-electron chi connectivity index (χ0n) is 11.4. The van der Waals surface area contributed by atoms with Crippen LogP contribution >= 0.6 is 15.9 Å². The molecule has 3 heteroatoms. The number of fused-ring (bicyclic) bond motifs is 7. The first-order valence-electron chi connectivity index (χ1n) is 7.03. The van der Waals surface area contributed by atoms with Gasteiger partial charge in [0.15, 0.2) is 5.78 Å². The van der Waals surface area contributed by atoms with Gasteiger partial charge >= 0.3 is 0 Å². The van der Waals surface area contributed by atoms with E-state index in [0.717, 1.165) is 48.7 Å². The molecule has 0 saturated heterocycles. The number of ketones is 1. The highest BCUT2D eigenvalue weighted by Crippen LogP contribution is 2.45. The Morgan fingerprint density at radius 2 is 1.64 bits per heavy atom. The fourth-order valence-electron chi connectivity index (χ4n) is 3.35. The number of hydrogen-bond donors (Lipinski definition) is 0. The van der Waals surface area contributed by atoms with E-state index in [2.05, 4.69) is 15.9 Å². The molecule has 0 N–H and O–H groups in total. The van der Waals surface area contributed by atoms with Crippen molar-refractivity contribution in [2.24, 2.45) is 0 Å². The molecule has 5 rings (SSSR count). The largest absolute Gasteiger partial charge is 0.456 e. The lowest BCUT2D eigenvalue weighted by Crippen LogP contribution is -1.94. The molecule has 1 aliphatic rings. The van der Waals surface area contributed by atoms with E-state index in [1.54, 1.807) is 0 Å². The molecular formula is C19H9BrO2. The van der Waals surface area contributed by atoms with Gasteiger partial charge in [0.25, 0.3) is 0 Å². The second-order valence-electron chi connectivity index (χ2n) is 5.48. The zero-order valence-corrected chi connectivity index (χ0v) is 13.0. The maximum Gasteiger partial charge on any atom is 0.194 e. The minimum Gasteiger partial charge on any atom is -0.456 e. The third-order valence-electron chi connectivity index (χ3n) is 4.28. The molecule has 2 nitrogen and oxygen atoms in total. The topological polar surface area (TPSA) is 30.2 Å². The van der Waals surface area contributed by atoms with Crippen LogP contribution in [-0.2, 0) is 0 Å². The fourth-order valence-corrected chi connectivity index (χ4v) is 3.71. The van der Waals surface area contributed by atoms with Crippen molar-refractivity contribution < 1.29 is 9.21 Å². The van der Waals surface area contributed by atoms with E-state index in [0.29, 0.717) is 0 Å². The van der Waals surface area contributed by atoms with Crippen molar-refractivity contribution in [3.8, 4) is 11.1 Å². The summed E-state index contributed by atoms with van der Waals surface area (Å²) in [6, 6.07) is 17.6. The van der Waals surface area contributed by atoms with Gasteiger partial charge in [-0.3, -0.25) is 4.79 Å². The minimum atomic E-state index is 0.0819. The normalized spacial score (nSPS) is 12.9. The Labute approximate surface area is 134 Å². The number of halogens is 1. The van der Waals surface area contributed by atoms with Crippen molar-refractivity contribution in [1.82, 2.24) is 0 Å². The Hall–Kier alpha value is -2.39. The fraction of sp³-hybridized carbons (Fsp3) is 0. The monoisotopic (exact) mass is 348 g/mol. The average molecular weight is 349 g/mol. The summed E-state index contributed by atoms with van der Waals surface area (Å²) in [5, 5.41) is 2.08. The summed E-state index contributed by atoms with van der Waals surface area (Å²) in [5.74, 6) is 0.0819. The van der Waals surface area contributed by atoms with Crippen molar-refractivity contribution in [2.75, 3.05) is 0 Å². The molecule has 0 bridgehead atoms. The summed E-state index contributed by atoms with van der Waals surface area (Å²) in [5.41, 5.74) is 5.16. The molecule has 0 unspecified atom stereocenters. The third-order valence-corrected chi connectivity index (χ3v) is 4.78. The Morgan fingerprint density at radius 3 is 2.55 bits per heavy atom. The van der Waals surface area contributed by atoms with Gasteiger partial charge < -0.3 is 4.42 Å². The van der Waals surface area contributed by atoms with Crippen LogP contribution in [0.5, 0.6) is 0 Å². The number of carbonyl (C=O) groups excluding carboxylic acids is 1. The van der Waals surface area contributed by atoms with Crippen molar-refractivity contribution in [2.45, 2.75) is 0 Å². The predicted molar refractivity (Wildman–Crippen MR) is 90.3 cm³/mol. The Morgan fingerprint density at radius 1 is 0.818 bits per heavy atom. The van der Waals surface area contributed by atoms with Gasteiger partial charge in [0.05, 0.1) is 0 Å². The van der Waals surface area contributed by atoms with Gasteiger partial charge in [0.1, 0.15) is 11.2 Å². The van der Waals surface area contributed by atoms with Gasteiger partial charge in [0.2, 0.25) is 0 Å². The molecule has 1 heterocycles. The molecule has 0 atom stereocenters. The summed E-state index contributed by atoms with van der Waals surface area (Å²) in [6.07, 6.45) is 0. The first-order chi connectivity index (χ1) is 10.7. The smallest absolute Gasteiger partial charge is 0.194 e. The molecule has 1 aromatic heterocycles. The summed E-state index contributed by atoms with van der Waals surface area (Å²) in [7, 11) is 0. The van der Waals surface area contributed by atoms with Crippen molar-refractivity contribution in [3.05, 3.63) is 70.2 Å². The van der Waals surface area contributed by atoms with E-state index < -0.39 is 0 Å². The second kappa shape index (κ2) is 4.08. The van der Waals surface area contributed by atoms with Crippen LogP contribution in [0.3, 0.4) is 0 Å². The van der Waals surface area contributed by atoms with Crippen molar-refractivity contribution in [1.29, 1.82) is 0 Å². The molecule has 0 radical (unpaired) electrons. The van der Waals surface area contributed by atoms with Crippen LogP contribution in [0, 0.1) is 0 Å². The molecule has 0 amide bonds. The average Bonchev–Trinajstić information content (AvgIpc) is 3.03. The third kappa shape index (κ3) is 1.41. The number of hydrogen-bond acceptors (Lipinski definition) is 2. The van der Waals surface area contributed by atoms with Crippen LogP contribution in [0.2, 0.25) is 0 Å². The lowest BCUT2D eigenvalue weighted by Gasteiger charge is -2.02. The van der Waals surface area contributed by atoms with E-state index in [4.69, 9.17) is 4.42 Å². The molecule has 0 fully saturated rings. The lowest BCUT2D eigenvalue weighted by atomic mass is 9.99. The van der Waals surface area contributed by atoms with E-state index in [9.17, 15) is 4.79 Å². The Kier molecular flexibility index (Phi) is 2.26. The molecule has 3 aromatic carbocycles. The number of benzene rings is 3. The maximum atomic E-state index is 12.7. The second-order valence-corrected chi connectivity index (χ2v) is 6.39. The Bertz CT molecular complexity index is 1110. The molecule has 1 aliphatic carbocycles. The van der Waals surface area contributed by atoms with Gasteiger partial charge in [-0.25, -0.2) is 0 Å². The highest BCUT2D eigenvalue weighted by Gasteiger charge is 2.30. The first kappa shape index (κ1) is 12.2. The summed E-state index contributed by atoms with van der Waals surface area (Å²) < 4.78 is 6.85. The number of rotatable bonds is 0. The summed E-state index contributed by atoms with van der Waals surface area (Å²) >= 11 is 3.45. The van der Waals surface area contributed by atoms with Crippen LogP contribution in [0.25, 0.3) is 33.1 Å². The maximum absolute atomic E-state index is 12.7. The van der Waals surface area contributed by atoms with Crippen LogP contribution in [-0.4, -0.2) is 5.78 Å². The van der Waals surface area contributed by atoms with E-state index in [1.807, 2.05) is 54.6 Å². The first-order valence-corrected chi connectivity index (χ1v) is 7.82. The van der Waals surface area contributed by atoms with Crippen molar-refractivity contribution in [3.63, 3.8) is 0 Å². The zero-order chi connectivity index (χ0) is 14.8. The minimum absolute atomic E-state index is 0.0819. The van der Waals surface area contributed by atoms with Gasteiger partial charge in [-0.05, 0) is 35.9 Å². The molecule has 22 heavy (non-hydrogen) atoms.